The summed E-state index contributed by atoms with van der Waals surface area (Å²) in [4.78, 5) is 17.4. The van der Waals surface area contributed by atoms with E-state index in [1.165, 1.54) is 6.33 Å². The van der Waals surface area contributed by atoms with Gasteiger partial charge in [0.25, 0.3) is 0 Å². The molecule has 0 atom stereocenters. The van der Waals surface area contributed by atoms with Crippen molar-refractivity contribution in [3.05, 3.63) is 95.4 Å². The second-order valence-corrected chi connectivity index (χ2v) is 8.32. The molecule has 0 saturated carbocycles. The highest BCUT2D eigenvalue weighted by Crippen LogP contribution is 2.29. The van der Waals surface area contributed by atoms with Gasteiger partial charge in [-0.2, -0.15) is 5.10 Å². The van der Waals surface area contributed by atoms with E-state index in [0.29, 0.717) is 18.0 Å². The summed E-state index contributed by atoms with van der Waals surface area (Å²) in [6.07, 6.45) is 5.32. The monoisotopic (exact) mass is 427 g/mol. The molecule has 6 nitrogen and oxygen atoms in total. The Kier molecular flexibility index (Phi) is 6.03. The van der Waals surface area contributed by atoms with Crippen molar-refractivity contribution in [1.29, 1.82) is 0 Å². The first-order valence-electron chi connectivity index (χ1n) is 10.4. The highest BCUT2D eigenvalue weighted by Gasteiger charge is 2.26. The maximum Gasteiger partial charge on any atom is 0.346 e. The maximum atomic E-state index is 13.1. The summed E-state index contributed by atoms with van der Waals surface area (Å²) in [5.74, 6) is -0.103. The van der Waals surface area contributed by atoms with Crippen LogP contribution < -0.4 is 4.74 Å². The molecule has 0 radical (unpaired) electrons. The fourth-order valence-corrected chi connectivity index (χ4v) is 3.21. The molecule has 0 saturated heterocycles. The van der Waals surface area contributed by atoms with Gasteiger partial charge in [-0.25, -0.2) is 14.3 Å². The summed E-state index contributed by atoms with van der Waals surface area (Å²) in [6, 6.07) is 21.5. The van der Waals surface area contributed by atoms with E-state index in [1.54, 1.807) is 10.6 Å². The average molecular weight is 428 g/mol. The number of carbonyl (C=O) groups is 1. The lowest BCUT2D eigenvalue weighted by atomic mass is 10.1. The van der Waals surface area contributed by atoms with Crippen LogP contribution in [-0.2, 0) is 11.3 Å². The molecule has 0 aliphatic rings. The number of ether oxygens (including phenoxy) is 2. The van der Waals surface area contributed by atoms with Gasteiger partial charge in [0, 0.05) is 6.07 Å². The van der Waals surface area contributed by atoms with Crippen molar-refractivity contribution in [3.8, 4) is 5.75 Å². The van der Waals surface area contributed by atoms with Crippen molar-refractivity contribution < 1.29 is 14.3 Å². The molecule has 0 fully saturated rings. The third-order valence-corrected chi connectivity index (χ3v) is 4.63. The van der Waals surface area contributed by atoms with Crippen LogP contribution in [0.1, 0.15) is 48.0 Å². The second kappa shape index (κ2) is 9.06. The normalized spacial score (nSPS) is 11.7. The minimum absolute atomic E-state index is 0.255. The maximum absolute atomic E-state index is 13.1. The van der Waals surface area contributed by atoms with Gasteiger partial charge in [0.2, 0.25) is 0 Å². The van der Waals surface area contributed by atoms with Crippen molar-refractivity contribution in [2.24, 2.45) is 0 Å². The molecule has 4 rings (SSSR count). The molecule has 2 aromatic heterocycles. The van der Waals surface area contributed by atoms with Crippen LogP contribution in [0.15, 0.2) is 73.1 Å². The van der Waals surface area contributed by atoms with Crippen molar-refractivity contribution >= 4 is 23.8 Å². The van der Waals surface area contributed by atoms with E-state index in [2.05, 4.69) is 10.1 Å². The SMILES string of the molecule is CC(C)(C)OC(=O)c1c(OCc2ccccc2)cc(C=Cc2ccccc2)n2ncnc12. The highest BCUT2D eigenvalue weighted by molar-refractivity contribution is 5.99. The Morgan fingerprint density at radius 3 is 2.38 bits per heavy atom. The summed E-state index contributed by atoms with van der Waals surface area (Å²) in [6.45, 7) is 5.79. The molecular formula is C26H25N3O3. The van der Waals surface area contributed by atoms with Crippen LogP contribution in [0, 0.1) is 0 Å². The average Bonchev–Trinajstić information content (AvgIpc) is 3.26. The standard InChI is InChI=1S/C26H25N3O3/c1-26(2,3)32-25(30)23-22(31-17-20-12-8-5-9-13-20)16-21(29-24(23)27-18-28-29)15-14-19-10-6-4-7-11-19/h4-16,18H,17H2,1-3H3. The second-order valence-electron chi connectivity index (χ2n) is 8.32. The molecular weight excluding hydrogens is 402 g/mol. The van der Waals surface area contributed by atoms with E-state index in [1.807, 2.05) is 93.6 Å². The molecule has 0 bridgehead atoms. The van der Waals surface area contributed by atoms with Gasteiger partial charge in [0.15, 0.2) is 5.65 Å². The molecule has 32 heavy (non-hydrogen) atoms. The van der Waals surface area contributed by atoms with Crippen LogP contribution in [0.5, 0.6) is 5.75 Å². The van der Waals surface area contributed by atoms with Crippen LogP contribution in [0.4, 0.5) is 0 Å². The number of carbonyl (C=O) groups excluding carboxylic acids is 1. The number of benzene rings is 2. The van der Waals surface area contributed by atoms with Crippen molar-refractivity contribution in [2.45, 2.75) is 33.0 Å². The first kappa shape index (κ1) is 21.3. The molecule has 4 aromatic rings. The lowest BCUT2D eigenvalue weighted by Crippen LogP contribution is -2.25. The molecule has 2 heterocycles. The summed E-state index contributed by atoms with van der Waals surface area (Å²) >= 11 is 0. The number of fused-ring (bicyclic) bond motifs is 1. The largest absolute Gasteiger partial charge is 0.488 e. The van der Waals surface area contributed by atoms with Crippen LogP contribution in [0.25, 0.3) is 17.8 Å². The Morgan fingerprint density at radius 2 is 1.69 bits per heavy atom. The van der Waals surface area contributed by atoms with Crippen LogP contribution in [-0.4, -0.2) is 26.2 Å². The van der Waals surface area contributed by atoms with Crippen molar-refractivity contribution in [3.63, 3.8) is 0 Å². The van der Waals surface area contributed by atoms with Crippen LogP contribution >= 0.6 is 0 Å². The number of esters is 1. The van der Waals surface area contributed by atoms with Gasteiger partial charge < -0.3 is 9.47 Å². The van der Waals surface area contributed by atoms with E-state index in [-0.39, 0.29) is 5.56 Å². The highest BCUT2D eigenvalue weighted by atomic mass is 16.6. The van der Waals surface area contributed by atoms with E-state index < -0.39 is 11.6 Å². The number of pyridine rings is 1. The number of rotatable bonds is 6. The quantitative estimate of drug-likeness (QED) is 0.384. The first-order valence-corrected chi connectivity index (χ1v) is 10.4. The molecule has 0 aliphatic carbocycles. The van der Waals surface area contributed by atoms with E-state index in [4.69, 9.17) is 9.47 Å². The number of nitrogens with zero attached hydrogens (tertiary/aromatic N) is 3. The number of hydrogen-bond acceptors (Lipinski definition) is 5. The fraction of sp³-hybridized carbons (Fsp3) is 0.192. The van der Waals surface area contributed by atoms with Gasteiger partial charge in [-0.1, -0.05) is 66.7 Å². The van der Waals surface area contributed by atoms with Crippen LogP contribution in [0.2, 0.25) is 0 Å². The number of aromatic nitrogens is 3. The minimum atomic E-state index is -0.656. The molecule has 0 unspecified atom stereocenters. The zero-order chi connectivity index (χ0) is 22.6. The van der Waals surface area contributed by atoms with Gasteiger partial charge in [0.05, 0.1) is 5.69 Å². The smallest absolute Gasteiger partial charge is 0.346 e. The minimum Gasteiger partial charge on any atom is -0.488 e. The van der Waals surface area contributed by atoms with Gasteiger partial charge in [-0.3, -0.25) is 0 Å². The lowest BCUT2D eigenvalue weighted by Gasteiger charge is -2.21. The Bertz CT molecular complexity index is 1240. The summed E-state index contributed by atoms with van der Waals surface area (Å²) < 4.78 is 13.4. The van der Waals surface area contributed by atoms with E-state index >= 15 is 0 Å². The first-order chi connectivity index (χ1) is 15.4. The summed E-state index contributed by atoms with van der Waals surface area (Å²) in [5, 5.41) is 4.32. The zero-order valence-electron chi connectivity index (χ0n) is 18.4. The lowest BCUT2D eigenvalue weighted by molar-refractivity contribution is 0.00671. The topological polar surface area (TPSA) is 65.7 Å². The third kappa shape index (κ3) is 5.03. The Balaban J connectivity index is 1.78. The molecule has 0 amide bonds. The van der Waals surface area contributed by atoms with Crippen LogP contribution in [0.3, 0.4) is 0 Å². The Hall–Kier alpha value is -3.93. The zero-order valence-corrected chi connectivity index (χ0v) is 18.4. The fourth-order valence-electron chi connectivity index (χ4n) is 3.21. The Labute approximate surface area is 187 Å². The summed E-state index contributed by atoms with van der Waals surface area (Å²) in [7, 11) is 0. The molecule has 0 N–H and O–H groups in total. The van der Waals surface area contributed by atoms with Gasteiger partial charge in [0.1, 0.15) is 29.8 Å². The predicted molar refractivity (Wildman–Crippen MR) is 124 cm³/mol. The predicted octanol–water partition coefficient (Wildman–Crippen LogP) is 5.43. The van der Waals surface area contributed by atoms with Crippen molar-refractivity contribution in [2.75, 3.05) is 0 Å². The Morgan fingerprint density at radius 1 is 1.00 bits per heavy atom. The van der Waals surface area contributed by atoms with Gasteiger partial charge >= 0.3 is 5.97 Å². The van der Waals surface area contributed by atoms with Gasteiger partial charge in [-0.15, -0.1) is 0 Å². The van der Waals surface area contributed by atoms with E-state index in [0.717, 1.165) is 16.8 Å². The molecule has 0 spiro atoms. The third-order valence-electron chi connectivity index (χ3n) is 4.63. The summed E-state index contributed by atoms with van der Waals surface area (Å²) in [5.41, 5.74) is 2.75. The van der Waals surface area contributed by atoms with Crippen molar-refractivity contribution in [1.82, 2.24) is 14.6 Å². The molecule has 0 aliphatic heterocycles. The molecule has 2 aromatic carbocycles. The number of hydrogen-bond donors (Lipinski definition) is 0. The van der Waals surface area contributed by atoms with Gasteiger partial charge in [-0.05, 0) is 38.0 Å². The molecule has 162 valence electrons. The van der Waals surface area contributed by atoms with E-state index in [9.17, 15) is 4.79 Å². The molecule has 6 heteroatoms.